The summed E-state index contributed by atoms with van der Waals surface area (Å²) in [5.41, 5.74) is 10.0. The van der Waals surface area contributed by atoms with Gasteiger partial charge in [0.25, 0.3) is 0 Å². The van der Waals surface area contributed by atoms with Crippen LogP contribution in [0.15, 0.2) is 0 Å². The van der Waals surface area contributed by atoms with Gasteiger partial charge in [-0.25, -0.2) is 0 Å². The first-order chi connectivity index (χ1) is 4.87. The molecular weight excluding hydrogens is 190 g/mol. The largest absolute Gasteiger partial charge is 0.364 e. The van der Waals surface area contributed by atoms with Crippen LogP contribution >= 0.6 is 14.4 Å². The van der Waals surface area contributed by atoms with Gasteiger partial charge < -0.3 is 9.05 Å². The van der Waals surface area contributed by atoms with Gasteiger partial charge in [0, 0.05) is 7.11 Å². The molecule has 0 aromatic carbocycles. The quantitative estimate of drug-likeness (QED) is 0.655. The summed E-state index contributed by atoms with van der Waals surface area (Å²) in [5, 5.41) is 0. The van der Waals surface area contributed by atoms with Gasteiger partial charge in [0.2, 0.25) is 0 Å². The predicted molar refractivity (Wildman–Crippen MR) is 42.2 cm³/mol. The highest BCUT2D eigenvalue weighted by Gasteiger charge is 2.39. The third-order valence-electron chi connectivity index (χ3n) is 0.964. The number of nitrogens with two attached hydrogens (primary N) is 2. The predicted octanol–water partition coefficient (Wildman–Crippen LogP) is 0.888. The van der Waals surface area contributed by atoms with E-state index in [4.69, 9.17) is 11.0 Å². The van der Waals surface area contributed by atoms with Gasteiger partial charge in [-0.1, -0.05) is 0 Å². The van der Waals surface area contributed by atoms with Gasteiger partial charge in [0.15, 0.2) is 0 Å². The van der Waals surface area contributed by atoms with Crippen molar-refractivity contribution in [1.82, 2.24) is 0 Å². The minimum Gasteiger partial charge on any atom is -0.313 e. The van der Waals surface area contributed by atoms with Crippen molar-refractivity contribution >= 4 is 14.4 Å². The van der Waals surface area contributed by atoms with E-state index < -0.39 is 14.4 Å². The molecule has 0 spiro atoms. The average Bonchev–Trinajstić information content (AvgIpc) is 1.87. The number of hydrogen-bond acceptors (Lipinski definition) is 4. The van der Waals surface area contributed by atoms with E-state index >= 15 is 0 Å². The molecule has 0 rings (SSSR count). The van der Waals surface area contributed by atoms with Gasteiger partial charge in [0.1, 0.15) is 0 Å². The van der Waals surface area contributed by atoms with Crippen LogP contribution in [-0.2, 0) is 18.2 Å². The van der Waals surface area contributed by atoms with Crippen LogP contribution in [0.1, 0.15) is 6.92 Å². The fourth-order valence-corrected chi connectivity index (χ4v) is 2.65. The maximum Gasteiger partial charge on any atom is 0.364 e. The molecule has 0 aliphatic rings. The lowest BCUT2D eigenvalue weighted by Crippen LogP contribution is -2.07. The molecule has 0 aromatic rings. The highest BCUT2D eigenvalue weighted by Crippen LogP contribution is 2.72. The van der Waals surface area contributed by atoms with E-state index in [2.05, 4.69) is 9.05 Å². The van der Waals surface area contributed by atoms with E-state index in [1.54, 1.807) is 6.92 Å². The van der Waals surface area contributed by atoms with Gasteiger partial charge in [-0.05, 0) is 6.92 Å². The molecule has 0 radical (unpaired) electrons. The first-order valence-electron chi connectivity index (χ1n) is 2.85. The molecule has 0 heterocycles. The molecule has 0 bridgehead atoms. The SMILES string of the molecule is CCOP(N)(=O)P(N)(=O)OC. The highest BCUT2D eigenvalue weighted by molar-refractivity contribution is 8.30. The summed E-state index contributed by atoms with van der Waals surface area (Å²) in [6.07, 6.45) is 0. The summed E-state index contributed by atoms with van der Waals surface area (Å²) in [7, 11) is -6.50. The Labute approximate surface area is 65.1 Å². The lowest BCUT2D eigenvalue weighted by molar-refractivity contribution is 0.331. The minimum atomic E-state index is -3.78. The van der Waals surface area contributed by atoms with Gasteiger partial charge in [-0.3, -0.25) is 20.1 Å². The van der Waals surface area contributed by atoms with E-state index in [0.717, 1.165) is 7.11 Å². The molecule has 4 N–H and O–H groups in total. The van der Waals surface area contributed by atoms with Crippen LogP contribution in [0.3, 0.4) is 0 Å². The van der Waals surface area contributed by atoms with Crippen molar-refractivity contribution < 1.29 is 18.2 Å². The molecule has 2 unspecified atom stereocenters. The Morgan fingerprint density at radius 2 is 1.73 bits per heavy atom. The van der Waals surface area contributed by atoms with Crippen LogP contribution in [-0.4, -0.2) is 13.7 Å². The topological polar surface area (TPSA) is 105 Å². The number of hydrogen-bond donors (Lipinski definition) is 2. The van der Waals surface area contributed by atoms with Crippen molar-refractivity contribution in [3.05, 3.63) is 0 Å². The van der Waals surface area contributed by atoms with Crippen LogP contribution in [0.5, 0.6) is 0 Å². The Morgan fingerprint density at radius 3 is 2.00 bits per heavy atom. The maximum absolute atomic E-state index is 11.1. The Bertz CT molecular complexity index is 217. The Hall–Kier alpha value is 0.300. The molecule has 6 nitrogen and oxygen atoms in total. The van der Waals surface area contributed by atoms with Gasteiger partial charge in [-0.15, -0.1) is 0 Å². The van der Waals surface area contributed by atoms with Crippen molar-refractivity contribution in [3.63, 3.8) is 0 Å². The van der Waals surface area contributed by atoms with Gasteiger partial charge >= 0.3 is 14.4 Å². The van der Waals surface area contributed by atoms with Crippen molar-refractivity contribution in [2.24, 2.45) is 11.0 Å². The molecule has 11 heavy (non-hydrogen) atoms. The average molecular weight is 202 g/mol. The van der Waals surface area contributed by atoms with Gasteiger partial charge in [-0.2, -0.15) is 0 Å². The fraction of sp³-hybridized carbons (Fsp3) is 1.00. The molecule has 0 saturated heterocycles. The molecule has 68 valence electrons. The zero-order chi connectivity index (χ0) is 9.12. The monoisotopic (exact) mass is 202 g/mol. The molecule has 0 aliphatic heterocycles. The van der Waals surface area contributed by atoms with E-state index in [9.17, 15) is 9.13 Å². The molecule has 0 fully saturated rings. The Morgan fingerprint density at radius 1 is 1.27 bits per heavy atom. The Balaban J connectivity index is 4.55. The molecular formula is C3H12N2O4P2. The smallest absolute Gasteiger partial charge is 0.313 e. The summed E-state index contributed by atoms with van der Waals surface area (Å²) < 4.78 is 30.9. The summed E-state index contributed by atoms with van der Waals surface area (Å²) >= 11 is 0. The summed E-state index contributed by atoms with van der Waals surface area (Å²) in [4.78, 5) is 0. The second-order valence-corrected chi connectivity index (χ2v) is 7.95. The standard InChI is InChI=1S/C3H12N2O4P2/c1-3-9-11(5,7)10(4,6)8-2/h3H2,1-2H3,(H2,4,6)(H2,5,7). The maximum atomic E-state index is 11.1. The van der Waals surface area contributed by atoms with Crippen LogP contribution < -0.4 is 11.0 Å². The van der Waals surface area contributed by atoms with E-state index in [-0.39, 0.29) is 6.61 Å². The van der Waals surface area contributed by atoms with Crippen LogP contribution in [0.25, 0.3) is 0 Å². The van der Waals surface area contributed by atoms with Crippen molar-refractivity contribution in [3.8, 4) is 0 Å². The van der Waals surface area contributed by atoms with Crippen molar-refractivity contribution in [2.45, 2.75) is 6.92 Å². The zero-order valence-corrected chi connectivity index (χ0v) is 8.18. The zero-order valence-electron chi connectivity index (χ0n) is 6.39. The van der Waals surface area contributed by atoms with Crippen molar-refractivity contribution in [1.29, 1.82) is 0 Å². The molecule has 2 atom stereocenters. The molecule has 0 aliphatic carbocycles. The fourth-order valence-electron chi connectivity index (χ4n) is 0.379. The normalized spacial score (nSPS) is 22.2. The summed E-state index contributed by atoms with van der Waals surface area (Å²) in [6, 6.07) is 0. The third-order valence-corrected chi connectivity index (χ3v) is 6.06. The van der Waals surface area contributed by atoms with E-state index in [0.29, 0.717) is 0 Å². The summed E-state index contributed by atoms with van der Waals surface area (Å²) in [5.74, 6) is 0. The minimum absolute atomic E-state index is 0.0817. The summed E-state index contributed by atoms with van der Waals surface area (Å²) in [6.45, 7) is 1.65. The third kappa shape index (κ3) is 2.67. The van der Waals surface area contributed by atoms with Crippen molar-refractivity contribution in [2.75, 3.05) is 13.7 Å². The van der Waals surface area contributed by atoms with Crippen LogP contribution in [0, 0.1) is 0 Å². The highest BCUT2D eigenvalue weighted by atomic mass is 32.1. The molecule has 0 amide bonds. The first kappa shape index (κ1) is 11.3. The molecule has 0 saturated carbocycles. The van der Waals surface area contributed by atoms with Crippen LogP contribution in [0.4, 0.5) is 0 Å². The molecule has 8 heteroatoms. The number of rotatable bonds is 4. The molecule has 0 aromatic heterocycles. The lowest BCUT2D eigenvalue weighted by Gasteiger charge is -2.17. The van der Waals surface area contributed by atoms with E-state index in [1.807, 2.05) is 0 Å². The van der Waals surface area contributed by atoms with Crippen LogP contribution in [0.2, 0.25) is 0 Å². The van der Waals surface area contributed by atoms with Gasteiger partial charge in [0.05, 0.1) is 6.61 Å². The Kier molecular flexibility index (Phi) is 3.91. The second-order valence-electron chi connectivity index (χ2n) is 1.73. The van der Waals surface area contributed by atoms with E-state index in [1.165, 1.54) is 0 Å². The second kappa shape index (κ2) is 3.81. The first-order valence-corrected chi connectivity index (χ1v) is 6.94. The lowest BCUT2D eigenvalue weighted by atomic mass is 10.9.